The molecule has 1 aromatic rings. The molecule has 1 saturated heterocycles. The van der Waals surface area contributed by atoms with E-state index in [4.69, 9.17) is 9.47 Å². The van der Waals surface area contributed by atoms with Crippen molar-refractivity contribution in [3.63, 3.8) is 0 Å². The molecule has 21 heavy (non-hydrogen) atoms. The zero-order valence-electron chi connectivity index (χ0n) is 12.9. The molecule has 0 bridgehead atoms. The van der Waals surface area contributed by atoms with Crippen LogP contribution in [0.4, 0.5) is 5.82 Å². The van der Waals surface area contributed by atoms with E-state index in [9.17, 15) is 0 Å². The van der Waals surface area contributed by atoms with Crippen molar-refractivity contribution >= 4 is 5.82 Å². The minimum atomic E-state index is 0.168. The van der Waals surface area contributed by atoms with Crippen LogP contribution in [-0.4, -0.2) is 54.3 Å². The number of anilines is 1. The summed E-state index contributed by atoms with van der Waals surface area (Å²) < 4.78 is 10.3. The fraction of sp³-hybridized carbons (Fsp3) is 0.733. The summed E-state index contributed by atoms with van der Waals surface area (Å²) in [7, 11) is 3.17. The zero-order valence-corrected chi connectivity index (χ0v) is 12.9. The fourth-order valence-electron chi connectivity index (χ4n) is 2.95. The Morgan fingerprint density at radius 1 is 1.14 bits per heavy atom. The highest BCUT2D eigenvalue weighted by molar-refractivity contribution is 5.44. The normalized spacial score (nSPS) is 20.9. The van der Waals surface area contributed by atoms with Gasteiger partial charge < -0.3 is 19.7 Å². The molecular weight excluding hydrogens is 268 g/mol. The average molecular weight is 292 g/mol. The number of aromatic nitrogens is 2. The molecule has 3 rings (SSSR count). The minimum absolute atomic E-state index is 0.168. The van der Waals surface area contributed by atoms with E-state index in [0.29, 0.717) is 11.9 Å². The SMILES string of the molecule is COc1cc(NC2(CN3CCCCC3)CC2)nc(OC)n1. The fourth-order valence-corrected chi connectivity index (χ4v) is 2.95. The van der Waals surface area contributed by atoms with Crippen molar-refractivity contribution < 1.29 is 9.47 Å². The van der Waals surface area contributed by atoms with Crippen molar-refractivity contribution in [2.75, 3.05) is 39.2 Å². The number of methoxy groups -OCH3 is 2. The highest BCUT2D eigenvalue weighted by Crippen LogP contribution is 2.40. The van der Waals surface area contributed by atoms with Crippen LogP contribution < -0.4 is 14.8 Å². The number of nitrogens with zero attached hydrogens (tertiary/aromatic N) is 3. The van der Waals surface area contributed by atoms with Gasteiger partial charge in [0.2, 0.25) is 5.88 Å². The first-order valence-electron chi connectivity index (χ1n) is 7.71. The summed E-state index contributed by atoms with van der Waals surface area (Å²) in [5.74, 6) is 1.31. The van der Waals surface area contributed by atoms with Crippen molar-refractivity contribution in [1.29, 1.82) is 0 Å². The average Bonchev–Trinajstić information content (AvgIpc) is 3.26. The molecule has 1 aliphatic heterocycles. The third kappa shape index (κ3) is 3.56. The first-order valence-corrected chi connectivity index (χ1v) is 7.71. The van der Waals surface area contributed by atoms with Crippen LogP contribution in [0.3, 0.4) is 0 Å². The Kier molecular flexibility index (Phi) is 4.14. The molecular formula is C15H24N4O2. The van der Waals surface area contributed by atoms with E-state index in [1.807, 2.05) is 6.07 Å². The Balaban J connectivity index is 1.67. The predicted octanol–water partition coefficient (Wildman–Crippen LogP) is 1.92. The third-order valence-electron chi connectivity index (χ3n) is 4.30. The lowest BCUT2D eigenvalue weighted by atomic mass is 10.1. The molecule has 1 aliphatic carbocycles. The maximum atomic E-state index is 5.20. The zero-order chi connectivity index (χ0) is 14.7. The second-order valence-electron chi connectivity index (χ2n) is 6.02. The van der Waals surface area contributed by atoms with Gasteiger partial charge >= 0.3 is 6.01 Å². The number of likely N-dealkylation sites (tertiary alicyclic amines) is 1. The molecule has 6 nitrogen and oxygen atoms in total. The number of piperidine rings is 1. The Morgan fingerprint density at radius 2 is 1.90 bits per heavy atom. The van der Waals surface area contributed by atoms with Crippen LogP contribution in [-0.2, 0) is 0 Å². The lowest BCUT2D eigenvalue weighted by molar-refractivity contribution is 0.215. The van der Waals surface area contributed by atoms with Gasteiger partial charge in [-0.2, -0.15) is 9.97 Å². The van der Waals surface area contributed by atoms with Gasteiger partial charge in [-0.05, 0) is 38.8 Å². The molecule has 6 heteroatoms. The summed E-state index contributed by atoms with van der Waals surface area (Å²) in [6.07, 6.45) is 6.41. The van der Waals surface area contributed by atoms with Gasteiger partial charge in [-0.15, -0.1) is 0 Å². The van der Waals surface area contributed by atoms with Crippen LogP contribution in [0, 0.1) is 0 Å². The van der Waals surface area contributed by atoms with Crippen molar-refractivity contribution in [1.82, 2.24) is 14.9 Å². The number of hydrogen-bond donors (Lipinski definition) is 1. The monoisotopic (exact) mass is 292 g/mol. The molecule has 0 aromatic carbocycles. The van der Waals surface area contributed by atoms with E-state index in [-0.39, 0.29) is 5.54 Å². The lowest BCUT2D eigenvalue weighted by Crippen LogP contribution is -2.41. The van der Waals surface area contributed by atoms with Gasteiger partial charge in [0, 0.05) is 12.6 Å². The molecule has 0 unspecified atom stereocenters. The van der Waals surface area contributed by atoms with Crippen LogP contribution in [0.2, 0.25) is 0 Å². The summed E-state index contributed by atoms with van der Waals surface area (Å²) >= 11 is 0. The molecule has 2 fully saturated rings. The Morgan fingerprint density at radius 3 is 2.52 bits per heavy atom. The topological polar surface area (TPSA) is 59.5 Å². The minimum Gasteiger partial charge on any atom is -0.481 e. The van der Waals surface area contributed by atoms with Gasteiger partial charge in [0.25, 0.3) is 0 Å². The first kappa shape index (κ1) is 14.4. The molecule has 0 amide bonds. The van der Waals surface area contributed by atoms with Crippen molar-refractivity contribution in [3.05, 3.63) is 6.07 Å². The summed E-state index contributed by atoms with van der Waals surface area (Å²) in [5.41, 5.74) is 0.168. The smallest absolute Gasteiger partial charge is 0.321 e. The summed E-state index contributed by atoms with van der Waals surface area (Å²) in [6, 6.07) is 2.17. The number of nitrogens with one attached hydrogen (secondary N) is 1. The van der Waals surface area contributed by atoms with Crippen LogP contribution in [0.1, 0.15) is 32.1 Å². The van der Waals surface area contributed by atoms with Crippen LogP contribution in [0.5, 0.6) is 11.9 Å². The highest BCUT2D eigenvalue weighted by atomic mass is 16.5. The maximum Gasteiger partial charge on any atom is 0.321 e. The molecule has 1 aromatic heterocycles. The second kappa shape index (κ2) is 6.05. The Labute approximate surface area is 125 Å². The van der Waals surface area contributed by atoms with E-state index in [1.165, 1.54) is 45.2 Å². The summed E-state index contributed by atoms with van der Waals surface area (Å²) in [4.78, 5) is 11.1. The number of hydrogen-bond acceptors (Lipinski definition) is 6. The Hall–Kier alpha value is -1.56. The maximum absolute atomic E-state index is 5.20. The van der Waals surface area contributed by atoms with Crippen molar-refractivity contribution in [2.24, 2.45) is 0 Å². The van der Waals surface area contributed by atoms with Crippen LogP contribution in [0.15, 0.2) is 6.07 Å². The van der Waals surface area contributed by atoms with E-state index >= 15 is 0 Å². The first-order chi connectivity index (χ1) is 10.2. The van der Waals surface area contributed by atoms with Gasteiger partial charge in [-0.25, -0.2) is 0 Å². The largest absolute Gasteiger partial charge is 0.481 e. The number of rotatable bonds is 6. The van der Waals surface area contributed by atoms with E-state index in [1.54, 1.807) is 14.2 Å². The van der Waals surface area contributed by atoms with Gasteiger partial charge in [0.1, 0.15) is 5.82 Å². The van der Waals surface area contributed by atoms with Gasteiger partial charge in [0.05, 0.1) is 19.8 Å². The second-order valence-corrected chi connectivity index (χ2v) is 6.02. The lowest BCUT2D eigenvalue weighted by Gasteiger charge is -2.31. The quantitative estimate of drug-likeness (QED) is 0.864. The number of ether oxygens (including phenoxy) is 2. The molecule has 0 radical (unpaired) electrons. The third-order valence-corrected chi connectivity index (χ3v) is 4.30. The van der Waals surface area contributed by atoms with Gasteiger partial charge in [-0.1, -0.05) is 6.42 Å². The predicted molar refractivity (Wildman–Crippen MR) is 81.0 cm³/mol. The van der Waals surface area contributed by atoms with Crippen molar-refractivity contribution in [3.8, 4) is 11.9 Å². The molecule has 2 heterocycles. The summed E-state index contributed by atoms with van der Waals surface area (Å²) in [6.45, 7) is 3.54. The summed E-state index contributed by atoms with van der Waals surface area (Å²) in [5, 5.41) is 3.57. The molecule has 0 spiro atoms. The van der Waals surface area contributed by atoms with E-state index < -0.39 is 0 Å². The van der Waals surface area contributed by atoms with Gasteiger partial charge in [0.15, 0.2) is 0 Å². The standard InChI is InChI=1S/C15H24N4O2/c1-20-13-10-12(16-14(17-13)21-2)18-15(6-7-15)11-19-8-4-3-5-9-19/h10H,3-9,11H2,1-2H3,(H,16,17,18). The molecule has 2 aliphatic rings. The van der Waals surface area contributed by atoms with Crippen molar-refractivity contribution in [2.45, 2.75) is 37.6 Å². The van der Waals surface area contributed by atoms with E-state index in [0.717, 1.165) is 12.4 Å². The molecule has 0 atom stereocenters. The highest BCUT2D eigenvalue weighted by Gasteiger charge is 2.44. The Bertz CT molecular complexity index is 462. The molecule has 1 saturated carbocycles. The van der Waals surface area contributed by atoms with Crippen LogP contribution in [0.25, 0.3) is 0 Å². The van der Waals surface area contributed by atoms with Crippen LogP contribution >= 0.6 is 0 Å². The molecule has 1 N–H and O–H groups in total. The molecule has 116 valence electrons. The van der Waals surface area contributed by atoms with E-state index in [2.05, 4.69) is 20.2 Å². The van der Waals surface area contributed by atoms with Gasteiger partial charge in [-0.3, -0.25) is 0 Å².